The molecule has 1 unspecified atom stereocenters. The fourth-order valence-corrected chi connectivity index (χ4v) is 2.26. The third kappa shape index (κ3) is 1.51. The van der Waals surface area contributed by atoms with E-state index in [-0.39, 0.29) is 6.42 Å². The predicted octanol–water partition coefficient (Wildman–Crippen LogP) is 0.0856. The Morgan fingerprint density at radius 3 is 2.50 bits per heavy atom. The summed E-state index contributed by atoms with van der Waals surface area (Å²) < 4.78 is 10.9. The molecule has 5 heteroatoms. The summed E-state index contributed by atoms with van der Waals surface area (Å²) in [7, 11) is 0. The number of hydrogen-bond donors (Lipinski definition) is 2. The van der Waals surface area contributed by atoms with E-state index in [0.29, 0.717) is 19.6 Å². The number of carbonyl (C=O) groups is 1. The van der Waals surface area contributed by atoms with Crippen LogP contribution in [0.3, 0.4) is 0 Å². The maximum absolute atomic E-state index is 11.0. The molecule has 1 heterocycles. The van der Waals surface area contributed by atoms with Gasteiger partial charge in [0.05, 0.1) is 13.2 Å². The maximum atomic E-state index is 11.0. The van der Waals surface area contributed by atoms with Crippen molar-refractivity contribution in [2.24, 2.45) is 5.73 Å². The van der Waals surface area contributed by atoms with Crippen LogP contribution in [0.1, 0.15) is 25.7 Å². The van der Waals surface area contributed by atoms with Crippen LogP contribution in [0.2, 0.25) is 0 Å². The number of hydrogen-bond acceptors (Lipinski definition) is 4. The van der Waals surface area contributed by atoms with Crippen molar-refractivity contribution in [2.45, 2.75) is 37.0 Å². The molecule has 0 aromatic heterocycles. The van der Waals surface area contributed by atoms with Gasteiger partial charge in [0.2, 0.25) is 0 Å². The lowest BCUT2D eigenvalue weighted by Gasteiger charge is -2.39. The van der Waals surface area contributed by atoms with Crippen molar-refractivity contribution in [1.82, 2.24) is 0 Å². The van der Waals surface area contributed by atoms with E-state index in [1.54, 1.807) is 0 Å². The minimum absolute atomic E-state index is 0.259. The second-order valence-corrected chi connectivity index (χ2v) is 4.10. The number of aliphatic carboxylic acids is 1. The highest BCUT2D eigenvalue weighted by atomic mass is 16.7. The molecular formula is C9H15NO4. The van der Waals surface area contributed by atoms with E-state index in [2.05, 4.69) is 0 Å². The van der Waals surface area contributed by atoms with Crippen LogP contribution >= 0.6 is 0 Å². The summed E-state index contributed by atoms with van der Waals surface area (Å²) in [6.45, 7) is 1.07. The summed E-state index contributed by atoms with van der Waals surface area (Å²) in [6, 6.07) is 0. The summed E-state index contributed by atoms with van der Waals surface area (Å²) in [5, 5.41) is 9.01. The smallest absolute Gasteiger partial charge is 0.323 e. The summed E-state index contributed by atoms with van der Waals surface area (Å²) in [6.07, 6.45) is 2.24. The monoisotopic (exact) mass is 201 g/mol. The van der Waals surface area contributed by atoms with Crippen LogP contribution in [0.5, 0.6) is 0 Å². The van der Waals surface area contributed by atoms with Crippen molar-refractivity contribution in [2.75, 3.05) is 13.2 Å². The van der Waals surface area contributed by atoms with Gasteiger partial charge in [0.15, 0.2) is 5.79 Å². The summed E-state index contributed by atoms with van der Waals surface area (Å²) in [5.74, 6) is -1.68. The van der Waals surface area contributed by atoms with Gasteiger partial charge in [0.1, 0.15) is 5.54 Å². The lowest BCUT2D eigenvalue weighted by molar-refractivity contribution is -0.196. The third-order valence-corrected chi connectivity index (χ3v) is 3.00. The minimum atomic E-state index is -1.18. The van der Waals surface area contributed by atoms with Gasteiger partial charge in [-0.15, -0.1) is 0 Å². The van der Waals surface area contributed by atoms with Crippen molar-refractivity contribution in [1.29, 1.82) is 0 Å². The normalized spacial score (nSPS) is 36.1. The van der Waals surface area contributed by atoms with Crippen molar-refractivity contribution in [3.05, 3.63) is 0 Å². The van der Waals surface area contributed by atoms with Gasteiger partial charge in [-0.3, -0.25) is 4.79 Å². The van der Waals surface area contributed by atoms with E-state index < -0.39 is 17.3 Å². The molecule has 0 aromatic rings. The van der Waals surface area contributed by atoms with Gasteiger partial charge >= 0.3 is 5.97 Å². The van der Waals surface area contributed by atoms with Crippen LogP contribution in [-0.4, -0.2) is 35.6 Å². The van der Waals surface area contributed by atoms with Gasteiger partial charge in [0, 0.05) is 12.8 Å². The first-order valence-corrected chi connectivity index (χ1v) is 4.87. The Kier molecular flexibility index (Phi) is 2.25. The van der Waals surface area contributed by atoms with Gasteiger partial charge in [-0.2, -0.15) is 0 Å². The van der Waals surface area contributed by atoms with Crippen molar-refractivity contribution in [3.8, 4) is 0 Å². The van der Waals surface area contributed by atoms with Gasteiger partial charge in [-0.1, -0.05) is 0 Å². The van der Waals surface area contributed by atoms with Crippen molar-refractivity contribution < 1.29 is 19.4 Å². The molecule has 1 aliphatic carbocycles. The molecule has 1 saturated heterocycles. The van der Waals surface area contributed by atoms with Crippen LogP contribution in [-0.2, 0) is 14.3 Å². The van der Waals surface area contributed by atoms with Gasteiger partial charge in [-0.05, 0) is 12.8 Å². The predicted molar refractivity (Wildman–Crippen MR) is 47.7 cm³/mol. The van der Waals surface area contributed by atoms with Crippen LogP contribution in [0.25, 0.3) is 0 Å². The topological polar surface area (TPSA) is 81.8 Å². The molecule has 0 aromatic carbocycles. The highest BCUT2D eigenvalue weighted by Gasteiger charge is 2.50. The lowest BCUT2D eigenvalue weighted by Crippen LogP contribution is -2.56. The van der Waals surface area contributed by atoms with Crippen molar-refractivity contribution >= 4 is 5.97 Å². The fraction of sp³-hybridized carbons (Fsp3) is 0.889. The van der Waals surface area contributed by atoms with Crippen LogP contribution in [0.15, 0.2) is 0 Å². The van der Waals surface area contributed by atoms with E-state index in [1.807, 2.05) is 0 Å². The molecule has 1 saturated carbocycles. The molecule has 1 atom stereocenters. The zero-order valence-corrected chi connectivity index (χ0v) is 7.99. The molecule has 2 fully saturated rings. The molecule has 2 aliphatic rings. The van der Waals surface area contributed by atoms with Gasteiger partial charge in [0.25, 0.3) is 0 Å². The number of carboxylic acids is 1. The van der Waals surface area contributed by atoms with Gasteiger partial charge < -0.3 is 20.3 Å². The zero-order chi connectivity index (χ0) is 10.2. The Bertz CT molecular complexity index is 249. The van der Waals surface area contributed by atoms with Gasteiger partial charge in [-0.25, -0.2) is 0 Å². The first kappa shape index (κ1) is 9.89. The number of nitrogens with two attached hydrogens (primary N) is 1. The third-order valence-electron chi connectivity index (χ3n) is 3.00. The molecule has 0 radical (unpaired) electrons. The zero-order valence-electron chi connectivity index (χ0n) is 7.99. The summed E-state index contributed by atoms with van der Waals surface area (Å²) in [5.41, 5.74) is 4.62. The Morgan fingerprint density at radius 2 is 1.93 bits per heavy atom. The van der Waals surface area contributed by atoms with Crippen molar-refractivity contribution in [3.63, 3.8) is 0 Å². The second-order valence-electron chi connectivity index (χ2n) is 4.10. The van der Waals surface area contributed by atoms with Crippen LogP contribution in [0.4, 0.5) is 0 Å². The molecule has 0 amide bonds. The number of carboxylic acid groups (broad SMARTS) is 1. The summed E-state index contributed by atoms with van der Waals surface area (Å²) >= 11 is 0. The highest BCUT2D eigenvalue weighted by Crippen LogP contribution is 2.39. The molecule has 3 N–H and O–H groups in total. The first-order valence-electron chi connectivity index (χ1n) is 4.87. The van der Waals surface area contributed by atoms with E-state index in [4.69, 9.17) is 20.3 Å². The lowest BCUT2D eigenvalue weighted by atomic mass is 9.79. The van der Waals surface area contributed by atoms with E-state index in [0.717, 1.165) is 12.8 Å². The minimum Gasteiger partial charge on any atom is -0.480 e. The highest BCUT2D eigenvalue weighted by molar-refractivity contribution is 5.78. The maximum Gasteiger partial charge on any atom is 0.323 e. The Hall–Kier alpha value is -0.650. The fourth-order valence-electron chi connectivity index (χ4n) is 2.26. The largest absolute Gasteiger partial charge is 0.480 e. The molecular weight excluding hydrogens is 186 g/mol. The first-order chi connectivity index (χ1) is 6.56. The van der Waals surface area contributed by atoms with E-state index in [1.165, 1.54) is 0 Å². The second kappa shape index (κ2) is 3.18. The average Bonchev–Trinajstić information content (AvgIpc) is 2.53. The molecule has 14 heavy (non-hydrogen) atoms. The van der Waals surface area contributed by atoms with E-state index >= 15 is 0 Å². The summed E-state index contributed by atoms with van der Waals surface area (Å²) in [4.78, 5) is 11.0. The number of rotatable bonds is 1. The quantitative estimate of drug-likeness (QED) is 0.628. The van der Waals surface area contributed by atoms with Crippen LogP contribution < -0.4 is 5.73 Å². The molecule has 80 valence electrons. The molecule has 2 rings (SSSR count). The average molecular weight is 201 g/mol. The Morgan fingerprint density at radius 1 is 1.29 bits per heavy atom. The molecule has 1 spiro atoms. The van der Waals surface area contributed by atoms with Crippen LogP contribution in [0, 0.1) is 0 Å². The van der Waals surface area contributed by atoms with E-state index in [9.17, 15) is 4.79 Å². The Balaban J connectivity index is 2.14. The molecule has 5 nitrogen and oxygen atoms in total. The number of ether oxygens (including phenoxy) is 2. The molecule has 0 bridgehead atoms. The molecule has 1 aliphatic heterocycles. The Labute approximate surface area is 82.2 Å². The standard InChI is InChI=1S/C9H15NO4/c10-8(7(11)12)2-1-3-9(6-8)13-4-5-14-9/h1-6,10H2,(H,11,12). The SMILES string of the molecule is NC1(C(=O)O)CCCC2(C1)OCCO2.